The molecule has 1 saturated heterocycles. The Labute approximate surface area is 191 Å². The molecule has 178 valence electrons. The molecule has 1 fully saturated rings. The maximum absolute atomic E-state index is 12.8. The van der Waals surface area contributed by atoms with E-state index >= 15 is 0 Å². The number of carbonyl (C=O) groups is 3. The second-order valence-electron chi connectivity index (χ2n) is 7.96. The summed E-state index contributed by atoms with van der Waals surface area (Å²) < 4.78 is 10.9. The normalized spacial score (nSPS) is 15.8. The molecule has 0 aliphatic carbocycles. The van der Waals surface area contributed by atoms with Crippen LogP contribution in [0.2, 0.25) is 0 Å². The molecular weight excluding hydrogens is 410 g/mol. The lowest BCUT2D eigenvalue weighted by atomic mass is 10.1. The number of hydrogen-bond donors (Lipinski definition) is 2. The number of nitrogens with zero attached hydrogens (tertiary/aromatic N) is 1. The van der Waals surface area contributed by atoms with Crippen molar-refractivity contribution in [2.45, 2.75) is 64.8 Å². The largest absolute Gasteiger partial charge is 0.494 e. The van der Waals surface area contributed by atoms with E-state index in [2.05, 4.69) is 17.6 Å². The van der Waals surface area contributed by atoms with E-state index in [4.69, 9.17) is 9.47 Å². The molecule has 2 rings (SSSR count). The zero-order chi connectivity index (χ0) is 23.2. The molecule has 0 spiro atoms. The molecule has 8 nitrogen and oxygen atoms in total. The Morgan fingerprint density at radius 2 is 1.81 bits per heavy atom. The van der Waals surface area contributed by atoms with Gasteiger partial charge in [-0.25, -0.2) is 0 Å². The van der Waals surface area contributed by atoms with Gasteiger partial charge in [-0.3, -0.25) is 14.4 Å². The highest BCUT2D eigenvalue weighted by molar-refractivity contribution is 5.93. The van der Waals surface area contributed by atoms with Crippen molar-refractivity contribution in [3.05, 3.63) is 24.3 Å². The number of benzene rings is 1. The number of anilines is 1. The minimum Gasteiger partial charge on any atom is -0.494 e. The summed E-state index contributed by atoms with van der Waals surface area (Å²) in [4.78, 5) is 38.6. The van der Waals surface area contributed by atoms with Crippen LogP contribution in [0, 0.1) is 0 Å². The number of rotatable bonds is 14. The van der Waals surface area contributed by atoms with Crippen molar-refractivity contribution in [3.8, 4) is 5.75 Å². The average Bonchev–Trinajstić information content (AvgIpc) is 2.79. The van der Waals surface area contributed by atoms with Crippen molar-refractivity contribution < 1.29 is 23.9 Å². The molecule has 1 aromatic rings. The van der Waals surface area contributed by atoms with E-state index in [0.29, 0.717) is 26.3 Å². The zero-order valence-electron chi connectivity index (χ0n) is 19.4. The summed E-state index contributed by atoms with van der Waals surface area (Å²) in [5.41, 5.74) is 0.786. The molecule has 2 N–H and O–H groups in total. The lowest BCUT2D eigenvalue weighted by molar-refractivity contribution is -0.151. The Morgan fingerprint density at radius 1 is 1.06 bits per heavy atom. The van der Waals surface area contributed by atoms with Gasteiger partial charge in [0.15, 0.2) is 0 Å². The fraction of sp³-hybridized carbons (Fsp3) is 0.625. The van der Waals surface area contributed by atoms with Crippen LogP contribution in [-0.4, -0.2) is 61.6 Å². The number of unbranched alkanes of at least 4 members (excludes halogenated alkanes) is 4. The third-order valence-electron chi connectivity index (χ3n) is 5.34. The van der Waals surface area contributed by atoms with Crippen LogP contribution in [0.3, 0.4) is 0 Å². The minimum absolute atomic E-state index is 0.0336. The van der Waals surface area contributed by atoms with Gasteiger partial charge in [0.25, 0.3) is 0 Å². The number of nitrogens with one attached hydrogen (secondary N) is 2. The van der Waals surface area contributed by atoms with Crippen molar-refractivity contribution in [1.29, 1.82) is 0 Å². The van der Waals surface area contributed by atoms with Gasteiger partial charge in [0, 0.05) is 18.8 Å². The van der Waals surface area contributed by atoms with Gasteiger partial charge in [0.1, 0.15) is 11.8 Å². The standard InChI is InChI=1S/C24H37N3O5/c1-3-5-7-8-16-31-20-11-9-19(10-12-20)26-18-22(28)27-14-13-25-24(30)21(27)17-23(29)32-15-6-4-2/h9-12,21,26H,3-8,13-18H2,1-2H3,(H,25,30). The van der Waals surface area contributed by atoms with Crippen LogP contribution >= 0.6 is 0 Å². The molecule has 32 heavy (non-hydrogen) atoms. The Balaban J connectivity index is 1.81. The zero-order valence-corrected chi connectivity index (χ0v) is 19.4. The first-order valence-electron chi connectivity index (χ1n) is 11.7. The second kappa shape index (κ2) is 14.3. The molecule has 1 unspecified atom stereocenters. The highest BCUT2D eigenvalue weighted by Gasteiger charge is 2.34. The number of esters is 1. The van der Waals surface area contributed by atoms with Crippen molar-refractivity contribution in [1.82, 2.24) is 10.2 Å². The van der Waals surface area contributed by atoms with Gasteiger partial charge in [-0.05, 0) is 37.1 Å². The molecule has 1 atom stereocenters. The van der Waals surface area contributed by atoms with Gasteiger partial charge in [0.05, 0.1) is 26.2 Å². The predicted molar refractivity (Wildman–Crippen MR) is 124 cm³/mol. The van der Waals surface area contributed by atoms with E-state index in [-0.39, 0.29) is 24.8 Å². The van der Waals surface area contributed by atoms with Crippen LogP contribution in [-0.2, 0) is 19.1 Å². The molecule has 1 aliphatic rings. The number of carbonyl (C=O) groups excluding carboxylic acids is 3. The van der Waals surface area contributed by atoms with Gasteiger partial charge >= 0.3 is 5.97 Å². The third kappa shape index (κ3) is 8.77. The monoisotopic (exact) mass is 447 g/mol. The van der Waals surface area contributed by atoms with Gasteiger partial charge in [0.2, 0.25) is 11.8 Å². The Kier molecular flexibility index (Phi) is 11.4. The van der Waals surface area contributed by atoms with Gasteiger partial charge in [-0.15, -0.1) is 0 Å². The first kappa shape index (κ1) is 25.5. The van der Waals surface area contributed by atoms with Crippen molar-refractivity contribution in [3.63, 3.8) is 0 Å². The lowest BCUT2D eigenvalue weighted by Gasteiger charge is -2.34. The van der Waals surface area contributed by atoms with Crippen LogP contribution in [0.25, 0.3) is 0 Å². The lowest BCUT2D eigenvalue weighted by Crippen LogP contribution is -2.58. The first-order valence-corrected chi connectivity index (χ1v) is 11.7. The SMILES string of the molecule is CCCCCCOc1ccc(NCC(=O)N2CCNC(=O)C2CC(=O)OCCCC)cc1. The van der Waals surface area contributed by atoms with E-state index in [1.165, 1.54) is 24.2 Å². The van der Waals surface area contributed by atoms with Crippen LogP contribution < -0.4 is 15.4 Å². The summed E-state index contributed by atoms with van der Waals surface area (Å²) in [5, 5.41) is 5.81. The van der Waals surface area contributed by atoms with E-state index in [1.54, 1.807) is 0 Å². The molecule has 0 radical (unpaired) electrons. The van der Waals surface area contributed by atoms with Crippen molar-refractivity contribution in [2.75, 3.05) is 38.2 Å². The first-order chi connectivity index (χ1) is 15.5. The third-order valence-corrected chi connectivity index (χ3v) is 5.34. The molecular formula is C24H37N3O5. The van der Waals surface area contributed by atoms with Crippen LogP contribution in [0.4, 0.5) is 5.69 Å². The smallest absolute Gasteiger partial charge is 0.308 e. The predicted octanol–water partition coefficient (Wildman–Crippen LogP) is 3.12. The Morgan fingerprint density at radius 3 is 2.53 bits per heavy atom. The molecule has 0 aromatic heterocycles. The summed E-state index contributed by atoms with van der Waals surface area (Å²) in [7, 11) is 0. The van der Waals surface area contributed by atoms with Crippen LogP contribution in [0.15, 0.2) is 24.3 Å². The molecule has 1 heterocycles. The van der Waals surface area contributed by atoms with Crippen molar-refractivity contribution >= 4 is 23.5 Å². The molecule has 1 aliphatic heterocycles. The minimum atomic E-state index is -0.837. The molecule has 0 bridgehead atoms. The van der Waals surface area contributed by atoms with Crippen LogP contribution in [0.5, 0.6) is 5.75 Å². The molecule has 2 amide bonds. The quantitative estimate of drug-likeness (QED) is 0.336. The molecule has 1 aromatic carbocycles. The maximum atomic E-state index is 12.8. The summed E-state index contributed by atoms with van der Waals surface area (Å²) in [6, 6.07) is 6.63. The van der Waals surface area contributed by atoms with Crippen molar-refractivity contribution in [2.24, 2.45) is 0 Å². The highest BCUT2D eigenvalue weighted by atomic mass is 16.5. The average molecular weight is 448 g/mol. The number of amides is 2. The Bertz CT molecular complexity index is 723. The fourth-order valence-electron chi connectivity index (χ4n) is 3.43. The summed E-state index contributed by atoms with van der Waals surface area (Å²) >= 11 is 0. The van der Waals surface area contributed by atoms with Gasteiger partial charge < -0.3 is 25.0 Å². The number of hydrogen-bond acceptors (Lipinski definition) is 6. The van der Waals surface area contributed by atoms with Crippen LogP contribution in [0.1, 0.15) is 58.8 Å². The van der Waals surface area contributed by atoms with Gasteiger partial charge in [-0.1, -0.05) is 39.5 Å². The second-order valence-corrected chi connectivity index (χ2v) is 7.96. The van der Waals surface area contributed by atoms with E-state index in [0.717, 1.165) is 30.7 Å². The molecule has 0 saturated carbocycles. The fourth-order valence-corrected chi connectivity index (χ4v) is 3.43. The highest BCUT2D eigenvalue weighted by Crippen LogP contribution is 2.17. The van der Waals surface area contributed by atoms with Gasteiger partial charge in [-0.2, -0.15) is 0 Å². The topological polar surface area (TPSA) is 97.0 Å². The summed E-state index contributed by atoms with van der Waals surface area (Å²) in [5.74, 6) is -0.218. The number of ether oxygens (including phenoxy) is 2. The summed E-state index contributed by atoms with van der Waals surface area (Å²) in [6.07, 6.45) is 6.19. The van der Waals surface area contributed by atoms with E-state index in [1.807, 2.05) is 31.2 Å². The van der Waals surface area contributed by atoms with E-state index in [9.17, 15) is 14.4 Å². The summed E-state index contributed by atoms with van der Waals surface area (Å²) in [6.45, 7) is 5.99. The van der Waals surface area contributed by atoms with E-state index < -0.39 is 12.0 Å². The maximum Gasteiger partial charge on any atom is 0.308 e. The molecule has 8 heteroatoms. The Hall–Kier alpha value is -2.77. The number of piperazine rings is 1.